The van der Waals surface area contributed by atoms with Gasteiger partial charge in [0.25, 0.3) is 0 Å². The van der Waals surface area contributed by atoms with Gasteiger partial charge in [0.05, 0.1) is 6.10 Å². The van der Waals surface area contributed by atoms with Crippen LogP contribution in [0.25, 0.3) is 0 Å². The predicted molar refractivity (Wildman–Crippen MR) is 124 cm³/mol. The van der Waals surface area contributed by atoms with E-state index in [4.69, 9.17) is 4.74 Å². The summed E-state index contributed by atoms with van der Waals surface area (Å²) in [6, 6.07) is 0. The summed E-state index contributed by atoms with van der Waals surface area (Å²) in [4.78, 5) is 0. The van der Waals surface area contributed by atoms with Gasteiger partial charge >= 0.3 is 0 Å². The van der Waals surface area contributed by atoms with E-state index in [0.29, 0.717) is 16.9 Å². The van der Waals surface area contributed by atoms with E-state index in [-0.39, 0.29) is 0 Å². The SMILES string of the molecule is COC1CCC2(C)C3CCC4(C)C(CCC4[C@H](C)CCCC(C)C)C3CC[C@H]2C1. The van der Waals surface area contributed by atoms with Crippen LogP contribution in [0.1, 0.15) is 112 Å². The Bertz CT molecular complexity index is 555. The molecule has 0 bridgehead atoms. The van der Waals surface area contributed by atoms with Gasteiger partial charge in [-0.25, -0.2) is 0 Å². The van der Waals surface area contributed by atoms with Crippen LogP contribution in [0.2, 0.25) is 0 Å². The quantitative estimate of drug-likeness (QED) is 0.436. The van der Waals surface area contributed by atoms with Crippen LogP contribution in [-0.4, -0.2) is 13.2 Å². The summed E-state index contributed by atoms with van der Waals surface area (Å²) in [5.41, 5.74) is 1.26. The maximum atomic E-state index is 5.79. The first-order valence-corrected chi connectivity index (χ1v) is 13.3. The Morgan fingerprint density at radius 2 is 1.55 bits per heavy atom. The maximum Gasteiger partial charge on any atom is 0.0574 e. The van der Waals surface area contributed by atoms with Crippen molar-refractivity contribution in [1.29, 1.82) is 0 Å². The monoisotopic (exact) mass is 402 g/mol. The number of hydrogen-bond donors (Lipinski definition) is 0. The largest absolute Gasteiger partial charge is 0.381 e. The number of fused-ring (bicyclic) bond motifs is 5. The van der Waals surface area contributed by atoms with Gasteiger partial charge in [0, 0.05) is 7.11 Å². The zero-order valence-corrected chi connectivity index (χ0v) is 20.5. The molecule has 0 heterocycles. The van der Waals surface area contributed by atoms with E-state index in [2.05, 4.69) is 34.6 Å². The first-order valence-electron chi connectivity index (χ1n) is 13.3. The summed E-state index contributed by atoms with van der Waals surface area (Å²) in [5, 5.41) is 0. The van der Waals surface area contributed by atoms with Gasteiger partial charge in [-0.2, -0.15) is 0 Å². The second kappa shape index (κ2) is 8.48. The van der Waals surface area contributed by atoms with Gasteiger partial charge < -0.3 is 4.74 Å². The lowest BCUT2D eigenvalue weighted by atomic mass is 9.44. The lowest BCUT2D eigenvalue weighted by Gasteiger charge is -2.61. The van der Waals surface area contributed by atoms with Gasteiger partial charge in [-0.15, -0.1) is 0 Å². The third-order valence-corrected chi connectivity index (χ3v) is 11.2. The first-order chi connectivity index (χ1) is 13.8. The van der Waals surface area contributed by atoms with Crippen LogP contribution in [0.4, 0.5) is 0 Å². The molecule has 0 aromatic carbocycles. The molecule has 4 fully saturated rings. The lowest BCUT2D eigenvalue weighted by molar-refractivity contribution is -0.133. The average molecular weight is 403 g/mol. The minimum Gasteiger partial charge on any atom is -0.381 e. The van der Waals surface area contributed by atoms with Crippen molar-refractivity contribution in [2.75, 3.05) is 7.11 Å². The molecule has 4 rings (SSSR count). The van der Waals surface area contributed by atoms with Crippen LogP contribution >= 0.6 is 0 Å². The van der Waals surface area contributed by atoms with Crippen molar-refractivity contribution in [3.63, 3.8) is 0 Å². The molecule has 1 heteroatoms. The van der Waals surface area contributed by atoms with Crippen LogP contribution < -0.4 is 0 Å². The highest BCUT2D eigenvalue weighted by molar-refractivity contribution is 5.09. The fourth-order valence-corrected chi connectivity index (χ4v) is 9.46. The van der Waals surface area contributed by atoms with Crippen LogP contribution in [0.3, 0.4) is 0 Å². The standard InChI is InChI=1S/C28H50O/c1-19(2)8-7-9-20(3)24-12-13-25-23-11-10-21-18-22(29-6)14-16-27(21,4)26(23)15-17-28(24,25)5/h19-26H,7-18H2,1-6H3/t20-,21+,22?,23?,24?,25?,26?,27?,28?/m1/s1. The molecule has 0 spiro atoms. The van der Waals surface area contributed by atoms with E-state index in [0.717, 1.165) is 41.4 Å². The normalized spacial score (nSPS) is 48.1. The molecular weight excluding hydrogens is 352 g/mol. The fraction of sp³-hybridized carbons (Fsp3) is 1.00. The number of methoxy groups -OCH3 is 1. The highest BCUT2D eigenvalue weighted by atomic mass is 16.5. The van der Waals surface area contributed by atoms with E-state index in [1.807, 2.05) is 7.11 Å². The summed E-state index contributed by atoms with van der Waals surface area (Å²) in [6.45, 7) is 12.8. The molecule has 4 aliphatic rings. The van der Waals surface area contributed by atoms with E-state index in [1.54, 1.807) is 0 Å². The van der Waals surface area contributed by atoms with Gasteiger partial charge in [-0.05, 0) is 110 Å². The topological polar surface area (TPSA) is 9.23 Å². The lowest BCUT2D eigenvalue weighted by Crippen LogP contribution is -2.54. The summed E-state index contributed by atoms with van der Waals surface area (Å²) >= 11 is 0. The molecule has 168 valence electrons. The van der Waals surface area contributed by atoms with Crippen LogP contribution in [0.15, 0.2) is 0 Å². The Hall–Kier alpha value is -0.0400. The zero-order valence-electron chi connectivity index (χ0n) is 20.5. The smallest absolute Gasteiger partial charge is 0.0574 e. The van der Waals surface area contributed by atoms with Crippen molar-refractivity contribution in [1.82, 2.24) is 0 Å². The second-order valence-corrected chi connectivity index (χ2v) is 12.8. The van der Waals surface area contributed by atoms with E-state index >= 15 is 0 Å². The first kappa shape index (κ1) is 22.2. The Morgan fingerprint density at radius 1 is 0.828 bits per heavy atom. The van der Waals surface area contributed by atoms with Gasteiger partial charge in [-0.3, -0.25) is 0 Å². The Kier molecular flexibility index (Phi) is 6.48. The maximum absolute atomic E-state index is 5.79. The average Bonchev–Trinajstić information content (AvgIpc) is 3.04. The molecule has 0 aromatic heterocycles. The summed E-state index contributed by atoms with van der Waals surface area (Å²) < 4.78 is 5.79. The van der Waals surface area contributed by atoms with Crippen molar-refractivity contribution in [2.24, 2.45) is 52.3 Å². The molecule has 0 saturated heterocycles. The van der Waals surface area contributed by atoms with Gasteiger partial charge in [0.1, 0.15) is 0 Å². The summed E-state index contributed by atoms with van der Waals surface area (Å²) in [5.74, 6) is 6.79. The minimum atomic E-state index is 0.543. The Labute approximate surface area is 182 Å². The van der Waals surface area contributed by atoms with E-state index in [1.165, 1.54) is 77.0 Å². The van der Waals surface area contributed by atoms with Crippen molar-refractivity contribution >= 4 is 0 Å². The summed E-state index contributed by atoms with van der Waals surface area (Å²) in [7, 11) is 1.94. The molecule has 0 radical (unpaired) electrons. The molecule has 0 aliphatic heterocycles. The molecule has 0 aromatic rings. The predicted octanol–water partition coefficient (Wildman–Crippen LogP) is 8.12. The molecule has 0 amide bonds. The molecule has 4 aliphatic carbocycles. The number of rotatable bonds is 6. The van der Waals surface area contributed by atoms with Crippen molar-refractivity contribution in [3.8, 4) is 0 Å². The van der Waals surface area contributed by atoms with Gasteiger partial charge in [0.15, 0.2) is 0 Å². The third-order valence-electron chi connectivity index (χ3n) is 11.2. The van der Waals surface area contributed by atoms with Crippen molar-refractivity contribution < 1.29 is 4.74 Å². The molecule has 1 nitrogen and oxygen atoms in total. The molecule has 7 unspecified atom stereocenters. The van der Waals surface area contributed by atoms with Crippen molar-refractivity contribution in [3.05, 3.63) is 0 Å². The van der Waals surface area contributed by atoms with Crippen LogP contribution in [0, 0.1) is 52.3 Å². The number of ether oxygens (including phenoxy) is 1. The molecular formula is C28H50O. The Balaban J connectivity index is 1.45. The second-order valence-electron chi connectivity index (χ2n) is 12.8. The van der Waals surface area contributed by atoms with Crippen molar-refractivity contribution in [2.45, 2.75) is 118 Å². The highest BCUT2D eigenvalue weighted by Crippen LogP contribution is 2.68. The zero-order chi connectivity index (χ0) is 20.8. The minimum absolute atomic E-state index is 0.543. The van der Waals surface area contributed by atoms with Gasteiger partial charge in [0.2, 0.25) is 0 Å². The summed E-state index contributed by atoms with van der Waals surface area (Å²) in [6.07, 6.45) is 18.1. The fourth-order valence-electron chi connectivity index (χ4n) is 9.46. The molecule has 29 heavy (non-hydrogen) atoms. The molecule has 9 atom stereocenters. The van der Waals surface area contributed by atoms with Gasteiger partial charge in [-0.1, -0.05) is 53.9 Å². The van der Waals surface area contributed by atoms with E-state index < -0.39 is 0 Å². The number of hydrogen-bond acceptors (Lipinski definition) is 1. The third kappa shape index (κ3) is 3.85. The molecule has 4 saturated carbocycles. The van der Waals surface area contributed by atoms with Crippen LogP contribution in [0.5, 0.6) is 0 Å². The molecule has 0 N–H and O–H groups in total. The van der Waals surface area contributed by atoms with E-state index in [9.17, 15) is 0 Å². The highest BCUT2D eigenvalue weighted by Gasteiger charge is 2.60. The van der Waals surface area contributed by atoms with Crippen LogP contribution in [-0.2, 0) is 4.74 Å². The Morgan fingerprint density at radius 3 is 2.28 bits per heavy atom.